The van der Waals surface area contributed by atoms with Crippen LogP contribution >= 0.6 is 0 Å². The first kappa shape index (κ1) is 51.9. The molecule has 314 valence electrons. The number of hydrogen-bond donors (Lipinski definition) is 0. The molecule has 5 nitrogen and oxygen atoms in total. The second-order valence-corrected chi connectivity index (χ2v) is 15.3. The molecule has 0 saturated heterocycles. The van der Waals surface area contributed by atoms with E-state index in [1.165, 1.54) is 122 Å². The predicted molar refractivity (Wildman–Crippen MR) is 233 cm³/mol. The second kappa shape index (κ2) is 45.3. The van der Waals surface area contributed by atoms with E-state index in [-0.39, 0.29) is 25.2 Å². The highest BCUT2D eigenvalue weighted by molar-refractivity contribution is 5.70. The van der Waals surface area contributed by atoms with Gasteiger partial charge in [0.1, 0.15) is 6.61 Å². The molecule has 0 bridgehead atoms. The molecule has 0 rings (SSSR count). The molecule has 0 aliphatic rings. The van der Waals surface area contributed by atoms with Crippen LogP contribution in [0.4, 0.5) is 0 Å². The van der Waals surface area contributed by atoms with Gasteiger partial charge in [0.05, 0.1) is 6.61 Å². The Kier molecular flexibility index (Phi) is 43.5. The van der Waals surface area contributed by atoms with E-state index in [0.29, 0.717) is 19.4 Å². The molecule has 0 spiro atoms. The first-order valence-corrected chi connectivity index (χ1v) is 23.2. The molecule has 54 heavy (non-hydrogen) atoms. The third kappa shape index (κ3) is 42.6. The van der Waals surface area contributed by atoms with E-state index in [0.717, 1.165) is 70.6 Å². The summed E-state index contributed by atoms with van der Waals surface area (Å²) < 4.78 is 17.2. The SMILES string of the molecule is CCCCC/C=C\C/C=C\C/C=C\CCCCCCCCC(=O)OCC(COCCCCCCCC/C=C\CCCCCC)OC(=O)CCCCCCC. The Morgan fingerprint density at radius 1 is 0.407 bits per heavy atom. The number of unbranched alkanes of at least 4 members (excludes halogenated alkanes) is 23. The summed E-state index contributed by atoms with van der Waals surface area (Å²) in [4.78, 5) is 25.0. The fourth-order valence-electron chi connectivity index (χ4n) is 6.33. The Hall–Kier alpha value is -2.14. The zero-order chi connectivity index (χ0) is 39.3. The van der Waals surface area contributed by atoms with Crippen LogP contribution in [-0.2, 0) is 23.8 Å². The minimum absolute atomic E-state index is 0.0765. The molecular weight excluding hydrogens is 669 g/mol. The Morgan fingerprint density at radius 3 is 1.31 bits per heavy atom. The maximum absolute atomic E-state index is 12.5. The molecule has 0 aliphatic heterocycles. The molecule has 0 aromatic rings. The van der Waals surface area contributed by atoms with Gasteiger partial charge in [-0.1, -0.05) is 179 Å². The molecule has 0 radical (unpaired) electrons. The van der Waals surface area contributed by atoms with E-state index in [1.54, 1.807) is 0 Å². The molecule has 0 fully saturated rings. The summed E-state index contributed by atoms with van der Waals surface area (Å²) in [5, 5.41) is 0. The van der Waals surface area contributed by atoms with E-state index in [1.807, 2.05) is 0 Å². The summed E-state index contributed by atoms with van der Waals surface area (Å²) >= 11 is 0. The summed E-state index contributed by atoms with van der Waals surface area (Å²) in [6.07, 6.45) is 54.2. The van der Waals surface area contributed by atoms with Gasteiger partial charge in [0.2, 0.25) is 0 Å². The predicted octanol–water partition coefficient (Wildman–Crippen LogP) is 15.2. The highest BCUT2D eigenvalue weighted by Gasteiger charge is 2.17. The van der Waals surface area contributed by atoms with Crippen LogP contribution in [0.2, 0.25) is 0 Å². The fourth-order valence-corrected chi connectivity index (χ4v) is 6.33. The number of ether oxygens (including phenoxy) is 3. The minimum atomic E-state index is -0.538. The zero-order valence-electron chi connectivity index (χ0n) is 36.0. The van der Waals surface area contributed by atoms with Gasteiger partial charge in [0.25, 0.3) is 0 Å². The molecule has 0 amide bonds. The minimum Gasteiger partial charge on any atom is -0.462 e. The van der Waals surface area contributed by atoms with Crippen molar-refractivity contribution < 1.29 is 23.8 Å². The van der Waals surface area contributed by atoms with Crippen molar-refractivity contribution in [2.45, 2.75) is 232 Å². The van der Waals surface area contributed by atoms with Crippen LogP contribution in [0.5, 0.6) is 0 Å². The first-order chi connectivity index (χ1) is 26.6. The lowest BCUT2D eigenvalue weighted by atomic mass is 10.1. The number of esters is 2. The van der Waals surface area contributed by atoms with E-state index in [4.69, 9.17) is 14.2 Å². The quantitative estimate of drug-likeness (QED) is 0.0353. The van der Waals surface area contributed by atoms with Gasteiger partial charge in [-0.15, -0.1) is 0 Å². The van der Waals surface area contributed by atoms with Crippen LogP contribution in [0, 0.1) is 0 Å². The molecule has 0 aromatic heterocycles. The van der Waals surface area contributed by atoms with Crippen molar-refractivity contribution in [3.63, 3.8) is 0 Å². The number of carbonyl (C=O) groups is 2. The summed E-state index contributed by atoms with van der Waals surface area (Å²) in [5.41, 5.74) is 0. The van der Waals surface area contributed by atoms with Crippen LogP contribution in [0.3, 0.4) is 0 Å². The second-order valence-electron chi connectivity index (χ2n) is 15.3. The van der Waals surface area contributed by atoms with Gasteiger partial charge in [0.15, 0.2) is 6.10 Å². The van der Waals surface area contributed by atoms with Crippen LogP contribution in [0.25, 0.3) is 0 Å². The Balaban J connectivity index is 4.07. The zero-order valence-corrected chi connectivity index (χ0v) is 36.0. The number of carbonyl (C=O) groups excluding carboxylic acids is 2. The van der Waals surface area contributed by atoms with Crippen LogP contribution in [0.15, 0.2) is 48.6 Å². The fraction of sp³-hybridized carbons (Fsp3) is 0.796. The van der Waals surface area contributed by atoms with E-state index < -0.39 is 6.10 Å². The molecule has 0 aromatic carbocycles. The topological polar surface area (TPSA) is 61.8 Å². The smallest absolute Gasteiger partial charge is 0.306 e. The average molecular weight is 757 g/mol. The van der Waals surface area contributed by atoms with Gasteiger partial charge in [-0.05, 0) is 83.5 Å². The highest BCUT2D eigenvalue weighted by Crippen LogP contribution is 2.13. The van der Waals surface area contributed by atoms with Crippen molar-refractivity contribution in [3.8, 4) is 0 Å². The molecule has 1 atom stereocenters. The molecule has 5 heteroatoms. The first-order valence-electron chi connectivity index (χ1n) is 23.2. The van der Waals surface area contributed by atoms with Gasteiger partial charge < -0.3 is 14.2 Å². The molecule has 0 N–H and O–H groups in total. The largest absolute Gasteiger partial charge is 0.462 e. The lowest BCUT2D eigenvalue weighted by molar-refractivity contribution is -0.163. The summed E-state index contributed by atoms with van der Waals surface area (Å²) in [6, 6.07) is 0. The van der Waals surface area contributed by atoms with Gasteiger partial charge in [-0.2, -0.15) is 0 Å². The normalized spacial score (nSPS) is 12.6. The summed E-state index contributed by atoms with van der Waals surface area (Å²) in [7, 11) is 0. The van der Waals surface area contributed by atoms with Crippen LogP contribution in [-0.4, -0.2) is 37.9 Å². The third-order valence-electron chi connectivity index (χ3n) is 9.84. The van der Waals surface area contributed by atoms with Gasteiger partial charge in [-0.3, -0.25) is 9.59 Å². The number of rotatable bonds is 42. The maximum Gasteiger partial charge on any atom is 0.306 e. The molecule has 0 saturated carbocycles. The monoisotopic (exact) mass is 757 g/mol. The molecular formula is C49H88O5. The number of allylic oxidation sites excluding steroid dienone is 8. The highest BCUT2D eigenvalue weighted by atomic mass is 16.6. The van der Waals surface area contributed by atoms with Gasteiger partial charge >= 0.3 is 11.9 Å². The molecule has 1 unspecified atom stereocenters. The van der Waals surface area contributed by atoms with Crippen molar-refractivity contribution in [1.82, 2.24) is 0 Å². The van der Waals surface area contributed by atoms with Crippen molar-refractivity contribution in [3.05, 3.63) is 48.6 Å². The lowest BCUT2D eigenvalue weighted by Crippen LogP contribution is -2.30. The van der Waals surface area contributed by atoms with Crippen molar-refractivity contribution in [2.75, 3.05) is 19.8 Å². The van der Waals surface area contributed by atoms with E-state index >= 15 is 0 Å². The van der Waals surface area contributed by atoms with E-state index in [2.05, 4.69) is 69.4 Å². The van der Waals surface area contributed by atoms with Crippen LogP contribution < -0.4 is 0 Å². The Morgan fingerprint density at radius 2 is 0.778 bits per heavy atom. The van der Waals surface area contributed by atoms with Crippen molar-refractivity contribution in [1.29, 1.82) is 0 Å². The third-order valence-corrected chi connectivity index (χ3v) is 9.84. The lowest BCUT2D eigenvalue weighted by Gasteiger charge is -2.18. The molecule has 0 aliphatic carbocycles. The average Bonchev–Trinajstić information content (AvgIpc) is 3.17. The van der Waals surface area contributed by atoms with Crippen molar-refractivity contribution >= 4 is 11.9 Å². The Bertz CT molecular complexity index is 904. The summed E-state index contributed by atoms with van der Waals surface area (Å²) in [5.74, 6) is -0.425. The number of hydrogen-bond acceptors (Lipinski definition) is 5. The molecule has 0 heterocycles. The van der Waals surface area contributed by atoms with Gasteiger partial charge in [-0.25, -0.2) is 0 Å². The summed E-state index contributed by atoms with van der Waals surface area (Å²) in [6.45, 7) is 7.70. The van der Waals surface area contributed by atoms with Crippen molar-refractivity contribution in [2.24, 2.45) is 0 Å². The standard InChI is InChI=1S/C49H88O5/c1-4-7-10-13-15-17-19-21-23-24-25-26-27-28-30-32-34-37-39-42-48(50)53-46-47(54-49(51)43-40-36-12-9-6-3)45-52-44-41-38-35-33-31-29-22-20-18-16-14-11-8-5-2/h15,17-18,20-21,23,25-26,47H,4-14,16,19,22,24,27-46H2,1-3H3/b17-15-,20-18-,23-21-,26-25-. The van der Waals surface area contributed by atoms with E-state index in [9.17, 15) is 9.59 Å². The van der Waals surface area contributed by atoms with Gasteiger partial charge in [0, 0.05) is 19.4 Å². The maximum atomic E-state index is 12.5. The Labute approximate surface area is 335 Å². The van der Waals surface area contributed by atoms with Crippen LogP contribution in [0.1, 0.15) is 226 Å².